The predicted octanol–water partition coefficient (Wildman–Crippen LogP) is 1.20. The van der Waals surface area contributed by atoms with Gasteiger partial charge in [-0.25, -0.2) is 12.8 Å². The van der Waals surface area contributed by atoms with Crippen LogP contribution in [0.2, 0.25) is 0 Å². The standard InChI is InChI=1S/C13H15FN4O2S/c1-13(4-5-21(19,20)8-13)18-7-10(15)12(17-18)11-3-2-9(14)6-16-11/h2-3,6-7H,4-5,8,15H2,1H3. The molecule has 0 amide bonds. The Hall–Kier alpha value is -1.96. The van der Waals surface area contributed by atoms with Crippen molar-refractivity contribution in [2.75, 3.05) is 17.2 Å². The third-order valence-corrected chi connectivity index (χ3v) is 5.64. The van der Waals surface area contributed by atoms with Crippen LogP contribution >= 0.6 is 0 Å². The van der Waals surface area contributed by atoms with E-state index in [9.17, 15) is 12.8 Å². The van der Waals surface area contributed by atoms with Gasteiger partial charge in [-0.1, -0.05) is 0 Å². The summed E-state index contributed by atoms with van der Waals surface area (Å²) in [6.45, 7) is 1.84. The molecule has 1 aliphatic heterocycles. The number of pyridine rings is 1. The molecule has 0 aliphatic carbocycles. The number of rotatable bonds is 2. The Balaban J connectivity index is 2.00. The Labute approximate surface area is 121 Å². The highest BCUT2D eigenvalue weighted by Gasteiger charge is 2.41. The fourth-order valence-corrected chi connectivity index (χ4v) is 4.67. The molecule has 21 heavy (non-hydrogen) atoms. The van der Waals surface area contributed by atoms with E-state index in [1.165, 1.54) is 12.1 Å². The third kappa shape index (κ3) is 2.51. The first kappa shape index (κ1) is 14.0. The second-order valence-corrected chi connectivity index (χ2v) is 7.76. The summed E-state index contributed by atoms with van der Waals surface area (Å²) < 4.78 is 37.9. The van der Waals surface area contributed by atoms with Crippen molar-refractivity contribution in [3.63, 3.8) is 0 Å². The lowest BCUT2D eigenvalue weighted by molar-refractivity contribution is 0.329. The largest absolute Gasteiger partial charge is 0.396 e. The number of nitrogens with two attached hydrogens (primary N) is 1. The second kappa shape index (κ2) is 4.52. The highest BCUT2D eigenvalue weighted by atomic mass is 32.2. The summed E-state index contributed by atoms with van der Waals surface area (Å²) in [4.78, 5) is 3.95. The van der Waals surface area contributed by atoms with Gasteiger partial charge in [-0.15, -0.1) is 0 Å². The maximum Gasteiger partial charge on any atom is 0.152 e. The minimum atomic E-state index is -3.04. The van der Waals surface area contributed by atoms with E-state index in [1.807, 2.05) is 6.92 Å². The van der Waals surface area contributed by atoms with Crippen molar-refractivity contribution in [3.8, 4) is 11.4 Å². The fraction of sp³-hybridized carbons (Fsp3) is 0.385. The molecule has 112 valence electrons. The molecule has 3 rings (SSSR count). The number of aromatic nitrogens is 3. The number of anilines is 1. The summed E-state index contributed by atoms with van der Waals surface area (Å²) >= 11 is 0. The number of hydrogen-bond donors (Lipinski definition) is 1. The van der Waals surface area contributed by atoms with E-state index in [0.717, 1.165) is 6.20 Å². The molecule has 2 aromatic heterocycles. The topological polar surface area (TPSA) is 90.9 Å². The molecule has 6 nitrogen and oxygen atoms in total. The Kier molecular flexibility index (Phi) is 3.01. The molecule has 3 heterocycles. The normalized spacial score (nSPS) is 24.3. The molecule has 0 radical (unpaired) electrons. The van der Waals surface area contributed by atoms with Crippen molar-refractivity contribution in [1.82, 2.24) is 14.8 Å². The van der Waals surface area contributed by atoms with Crippen molar-refractivity contribution in [1.29, 1.82) is 0 Å². The Morgan fingerprint density at radius 2 is 2.19 bits per heavy atom. The summed E-state index contributed by atoms with van der Waals surface area (Å²) in [6.07, 6.45) is 3.20. The van der Waals surface area contributed by atoms with Gasteiger partial charge in [-0.2, -0.15) is 5.10 Å². The van der Waals surface area contributed by atoms with Gasteiger partial charge in [-0.3, -0.25) is 9.67 Å². The monoisotopic (exact) mass is 310 g/mol. The summed E-state index contributed by atoms with van der Waals surface area (Å²) in [7, 11) is -3.04. The highest BCUT2D eigenvalue weighted by Crippen LogP contribution is 2.33. The molecule has 1 atom stereocenters. The van der Waals surface area contributed by atoms with Crippen LogP contribution in [0.3, 0.4) is 0 Å². The quantitative estimate of drug-likeness (QED) is 0.900. The molecule has 0 saturated carbocycles. The molecular formula is C13H15FN4O2S. The Morgan fingerprint density at radius 1 is 1.43 bits per heavy atom. The van der Waals surface area contributed by atoms with Gasteiger partial charge in [0.1, 0.15) is 11.5 Å². The molecular weight excluding hydrogens is 295 g/mol. The highest BCUT2D eigenvalue weighted by molar-refractivity contribution is 7.91. The van der Waals surface area contributed by atoms with Gasteiger partial charge in [0.2, 0.25) is 0 Å². The molecule has 0 aromatic carbocycles. The zero-order valence-electron chi connectivity index (χ0n) is 11.5. The number of halogens is 1. The number of nitrogen functional groups attached to an aromatic ring is 1. The average molecular weight is 310 g/mol. The summed E-state index contributed by atoms with van der Waals surface area (Å²) in [6, 6.07) is 2.77. The molecule has 1 fully saturated rings. The molecule has 1 aliphatic rings. The Bertz CT molecular complexity index is 785. The van der Waals surface area contributed by atoms with Crippen LogP contribution in [0.4, 0.5) is 10.1 Å². The van der Waals surface area contributed by atoms with E-state index < -0.39 is 21.2 Å². The van der Waals surface area contributed by atoms with Crippen molar-refractivity contribution < 1.29 is 12.8 Å². The fourth-order valence-electron chi connectivity index (χ4n) is 2.55. The first-order valence-electron chi connectivity index (χ1n) is 6.47. The van der Waals surface area contributed by atoms with Crippen LogP contribution < -0.4 is 5.73 Å². The van der Waals surface area contributed by atoms with Crippen LogP contribution in [0.1, 0.15) is 13.3 Å². The maximum absolute atomic E-state index is 12.9. The first-order valence-corrected chi connectivity index (χ1v) is 8.29. The molecule has 0 spiro atoms. The van der Waals surface area contributed by atoms with E-state index >= 15 is 0 Å². The van der Waals surface area contributed by atoms with Gasteiger partial charge >= 0.3 is 0 Å². The van der Waals surface area contributed by atoms with Gasteiger partial charge < -0.3 is 5.73 Å². The van der Waals surface area contributed by atoms with E-state index in [-0.39, 0.29) is 11.5 Å². The second-order valence-electron chi connectivity index (χ2n) is 5.58. The van der Waals surface area contributed by atoms with Crippen molar-refractivity contribution in [3.05, 3.63) is 30.3 Å². The zero-order chi connectivity index (χ0) is 15.3. The first-order chi connectivity index (χ1) is 9.79. The summed E-state index contributed by atoms with van der Waals surface area (Å²) in [5, 5.41) is 4.37. The van der Waals surface area contributed by atoms with Crippen LogP contribution in [0, 0.1) is 5.82 Å². The molecule has 1 unspecified atom stereocenters. The van der Waals surface area contributed by atoms with E-state index in [4.69, 9.17) is 5.73 Å². The van der Waals surface area contributed by atoms with Gasteiger partial charge in [-0.05, 0) is 25.5 Å². The SMILES string of the molecule is CC1(n2cc(N)c(-c3ccc(F)cn3)n2)CCS(=O)(=O)C1. The maximum atomic E-state index is 12.9. The van der Waals surface area contributed by atoms with Gasteiger partial charge in [0, 0.05) is 6.20 Å². The van der Waals surface area contributed by atoms with Gasteiger partial charge in [0.25, 0.3) is 0 Å². The van der Waals surface area contributed by atoms with E-state index in [2.05, 4.69) is 10.1 Å². The smallest absolute Gasteiger partial charge is 0.152 e. The molecule has 0 bridgehead atoms. The molecule has 8 heteroatoms. The van der Waals surface area contributed by atoms with E-state index in [1.54, 1.807) is 10.9 Å². The third-order valence-electron chi connectivity index (χ3n) is 3.75. The van der Waals surface area contributed by atoms with Crippen molar-refractivity contribution in [2.24, 2.45) is 0 Å². The Morgan fingerprint density at radius 3 is 2.76 bits per heavy atom. The lowest BCUT2D eigenvalue weighted by Crippen LogP contribution is -2.31. The van der Waals surface area contributed by atoms with Crippen LogP contribution in [-0.2, 0) is 15.4 Å². The van der Waals surface area contributed by atoms with Gasteiger partial charge in [0.15, 0.2) is 9.84 Å². The number of sulfone groups is 1. The van der Waals surface area contributed by atoms with E-state index in [0.29, 0.717) is 23.5 Å². The van der Waals surface area contributed by atoms with Crippen molar-refractivity contribution >= 4 is 15.5 Å². The number of nitrogens with zero attached hydrogens (tertiary/aromatic N) is 3. The predicted molar refractivity (Wildman–Crippen MR) is 76.7 cm³/mol. The van der Waals surface area contributed by atoms with Crippen LogP contribution in [0.5, 0.6) is 0 Å². The molecule has 1 saturated heterocycles. The minimum Gasteiger partial charge on any atom is -0.396 e. The molecule has 2 N–H and O–H groups in total. The lowest BCUT2D eigenvalue weighted by Gasteiger charge is -2.22. The van der Waals surface area contributed by atoms with Crippen LogP contribution in [0.15, 0.2) is 24.5 Å². The summed E-state index contributed by atoms with van der Waals surface area (Å²) in [5.41, 5.74) is 6.61. The zero-order valence-corrected chi connectivity index (χ0v) is 12.3. The lowest BCUT2D eigenvalue weighted by atomic mass is 10.0. The van der Waals surface area contributed by atoms with Crippen LogP contribution in [0.25, 0.3) is 11.4 Å². The minimum absolute atomic E-state index is 0.0391. The number of hydrogen-bond acceptors (Lipinski definition) is 5. The van der Waals surface area contributed by atoms with Gasteiger partial charge in [0.05, 0.1) is 34.6 Å². The van der Waals surface area contributed by atoms with Crippen LogP contribution in [-0.4, -0.2) is 34.7 Å². The molecule has 2 aromatic rings. The average Bonchev–Trinajstić information content (AvgIpc) is 2.92. The summed E-state index contributed by atoms with van der Waals surface area (Å²) in [5.74, 6) is -0.254. The van der Waals surface area contributed by atoms with Crippen molar-refractivity contribution in [2.45, 2.75) is 18.9 Å².